The first-order chi connectivity index (χ1) is 3.79. The lowest BCUT2D eigenvalue weighted by molar-refractivity contribution is 1.15. The summed E-state index contributed by atoms with van der Waals surface area (Å²) < 4.78 is 0.641. The third kappa shape index (κ3) is 1.42. The average molecular weight is 192 g/mol. The van der Waals surface area contributed by atoms with Gasteiger partial charge in [-0.15, -0.1) is 0 Å². The van der Waals surface area contributed by atoms with E-state index in [0.717, 1.165) is 0 Å². The van der Waals surface area contributed by atoms with Crippen LogP contribution in [0.5, 0.6) is 0 Å². The Morgan fingerprint density at radius 3 is 2.88 bits per heavy atom. The minimum absolute atomic E-state index is 0.285. The molecule has 41 valence electrons. The van der Waals surface area contributed by atoms with Crippen LogP contribution in [0.2, 0.25) is 5.15 Å². The maximum atomic E-state index is 5.36. The molecule has 8 heavy (non-hydrogen) atoms. The summed E-state index contributed by atoms with van der Waals surface area (Å²) >= 11 is 8.44. The number of aromatic nitrogens is 2. The molecule has 0 spiro atoms. The lowest BCUT2D eigenvalue weighted by Gasteiger charge is -1.84. The van der Waals surface area contributed by atoms with Crippen LogP contribution in [-0.2, 0) is 0 Å². The van der Waals surface area contributed by atoms with Crippen molar-refractivity contribution in [3.8, 4) is 0 Å². The minimum atomic E-state index is 0.285. The van der Waals surface area contributed by atoms with Gasteiger partial charge in [0, 0.05) is 0 Å². The molecule has 0 N–H and O–H groups in total. The van der Waals surface area contributed by atoms with Crippen molar-refractivity contribution in [1.82, 2.24) is 9.97 Å². The van der Waals surface area contributed by atoms with Crippen molar-refractivity contribution in [2.24, 2.45) is 0 Å². The third-order valence-electron chi connectivity index (χ3n) is 0.539. The first kappa shape index (κ1) is 5.98. The monoisotopic (exact) mass is 191 g/mol. The second-order valence-corrected chi connectivity index (χ2v) is 2.27. The van der Waals surface area contributed by atoms with Crippen LogP contribution in [0.15, 0.2) is 10.8 Å². The molecule has 1 aromatic rings. The summed E-state index contributed by atoms with van der Waals surface area (Å²) in [6.07, 6.45) is 3.97. The Bertz CT molecular complexity index is 153. The van der Waals surface area contributed by atoms with Crippen LogP contribution in [0.1, 0.15) is 0 Å². The lowest BCUT2D eigenvalue weighted by atomic mass is 10.8. The average Bonchev–Trinajstić information content (AvgIpc) is 1.77. The van der Waals surface area contributed by atoms with Gasteiger partial charge >= 0.3 is 0 Å². The van der Waals surface area contributed by atoms with Crippen LogP contribution in [0.4, 0.5) is 0 Å². The van der Waals surface area contributed by atoms with Crippen LogP contribution < -0.4 is 0 Å². The first-order valence-electron chi connectivity index (χ1n) is 1.85. The molecule has 0 bridgehead atoms. The van der Waals surface area contributed by atoms with E-state index in [0.29, 0.717) is 4.60 Å². The van der Waals surface area contributed by atoms with Crippen molar-refractivity contribution in [2.45, 2.75) is 0 Å². The zero-order valence-corrected chi connectivity index (χ0v) is 6.07. The number of hydrogen-bond acceptors (Lipinski definition) is 2. The molecule has 0 unspecified atom stereocenters. The predicted molar refractivity (Wildman–Crippen MR) is 33.6 cm³/mol. The standard InChI is InChI=1S/C4HBrClN2/c5-3-1-8-4(6)2-7-3/h1H. The normalized spacial score (nSPS) is 9.25. The first-order valence-corrected chi connectivity index (χ1v) is 3.02. The van der Waals surface area contributed by atoms with E-state index in [9.17, 15) is 0 Å². The molecule has 0 fully saturated rings. The molecule has 1 rings (SSSR count). The van der Waals surface area contributed by atoms with E-state index in [1.54, 1.807) is 0 Å². The molecule has 0 aliphatic rings. The zero-order valence-electron chi connectivity index (χ0n) is 3.73. The van der Waals surface area contributed by atoms with Gasteiger partial charge in [0.15, 0.2) is 5.15 Å². The fourth-order valence-electron chi connectivity index (χ4n) is 0.267. The molecule has 0 aliphatic heterocycles. The van der Waals surface area contributed by atoms with Crippen molar-refractivity contribution >= 4 is 27.5 Å². The quantitative estimate of drug-likeness (QED) is 0.625. The van der Waals surface area contributed by atoms with Crippen molar-refractivity contribution < 1.29 is 0 Å². The molecule has 0 aliphatic carbocycles. The van der Waals surface area contributed by atoms with Gasteiger partial charge in [-0.25, -0.2) is 9.97 Å². The van der Waals surface area contributed by atoms with Crippen molar-refractivity contribution in [3.63, 3.8) is 0 Å². The highest BCUT2D eigenvalue weighted by atomic mass is 79.9. The molecular formula is C4HBrClN2. The molecule has 0 amide bonds. The summed E-state index contributed by atoms with van der Waals surface area (Å²) in [5.74, 6) is 0. The van der Waals surface area contributed by atoms with E-state index in [4.69, 9.17) is 11.6 Å². The molecule has 0 aromatic carbocycles. The Balaban J connectivity index is 3.03. The molecule has 0 saturated heterocycles. The van der Waals surface area contributed by atoms with Crippen LogP contribution in [0, 0.1) is 6.20 Å². The zero-order chi connectivity index (χ0) is 5.98. The Kier molecular flexibility index (Phi) is 1.81. The Morgan fingerprint density at radius 1 is 1.75 bits per heavy atom. The summed E-state index contributed by atoms with van der Waals surface area (Å²) in [5, 5.41) is 0.285. The van der Waals surface area contributed by atoms with Gasteiger partial charge < -0.3 is 0 Å². The van der Waals surface area contributed by atoms with E-state index < -0.39 is 0 Å². The van der Waals surface area contributed by atoms with Crippen LogP contribution in [0.25, 0.3) is 0 Å². The minimum Gasteiger partial charge on any atom is -0.239 e. The fourth-order valence-corrected chi connectivity index (χ4v) is 0.549. The van der Waals surface area contributed by atoms with E-state index in [2.05, 4.69) is 32.1 Å². The number of rotatable bonds is 0. The van der Waals surface area contributed by atoms with Crippen molar-refractivity contribution in [2.75, 3.05) is 0 Å². The molecule has 1 radical (unpaired) electrons. The van der Waals surface area contributed by atoms with Gasteiger partial charge in [-0.2, -0.15) is 0 Å². The van der Waals surface area contributed by atoms with Gasteiger partial charge in [-0.1, -0.05) is 11.6 Å². The van der Waals surface area contributed by atoms with Crippen molar-refractivity contribution in [1.29, 1.82) is 0 Å². The smallest absolute Gasteiger partial charge is 0.157 e. The summed E-state index contributed by atoms with van der Waals surface area (Å²) in [6, 6.07) is 0. The highest BCUT2D eigenvalue weighted by molar-refractivity contribution is 9.10. The van der Waals surface area contributed by atoms with Gasteiger partial charge in [0.2, 0.25) is 0 Å². The third-order valence-corrected chi connectivity index (χ3v) is 1.10. The Labute approximate surface area is 60.0 Å². The predicted octanol–water partition coefficient (Wildman–Crippen LogP) is 1.69. The van der Waals surface area contributed by atoms with Crippen LogP contribution >= 0.6 is 27.5 Å². The second-order valence-electron chi connectivity index (χ2n) is 1.10. The lowest BCUT2D eigenvalue weighted by Crippen LogP contribution is -1.77. The SMILES string of the molecule is Clc1[c]nc(Br)cn1. The number of hydrogen-bond donors (Lipinski definition) is 0. The van der Waals surface area contributed by atoms with Gasteiger partial charge in [-0.05, 0) is 15.9 Å². The summed E-state index contributed by atoms with van der Waals surface area (Å²) in [7, 11) is 0. The van der Waals surface area contributed by atoms with Crippen LogP contribution in [-0.4, -0.2) is 9.97 Å². The maximum absolute atomic E-state index is 5.36. The summed E-state index contributed by atoms with van der Waals surface area (Å²) in [6.45, 7) is 0. The molecule has 1 aromatic heterocycles. The summed E-state index contributed by atoms with van der Waals surface area (Å²) in [4.78, 5) is 7.36. The van der Waals surface area contributed by atoms with Gasteiger partial charge in [0.05, 0.1) is 6.20 Å². The Hall–Kier alpha value is -0.150. The van der Waals surface area contributed by atoms with Gasteiger partial charge in [0.25, 0.3) is 0 Å². The summed E-state index contributed by atoms with van der Waals surface area (Å²) in [5.41, 5.74) is 0. The number of halogens is 2. The number of nitrogens with zero attached hydrogens (tertiary/aromatic N) is 2. The Morgan fingerprint density at radius 2 is 2.50 bits per heavy atom. The maximum Gasteiger partial charge on any atom is 0.157 e. The van der Waals surface area contributed by atoms with E-state index in [1.165, 1.54) is 6.20 Å². The molecule has 0 saturated carbocycles. The highest BCUT2D eigenvalue weighted by Gasteiger charge is 1.87. The molecular weight excluding hydrogens is 191 g/mol. The van der Waals surface area contributed by atoms with Gasteiger partial charge in [-0.3, -0.25) is 0 Å². The second kappa shape index (κ2) is 2.42. The van der Waals surface area contributed by atoms with E-state index in [-0.39, 0.29) is 5.15 Å². The fraction of sp³-hybridized carbons (Fsp3) is 0. The molecule has 1 heterocycles. The van der Waals surface area contributed by atoms with Crippen LogP contribution in [0.3, 0.4) is 0 Å². The van der Waals surface area contributed by atoms with Gasteiger partial charge in [0.1, 0.15) is 10.8 Å². The largest absolute Gasteiger partial charge is 0.239 e. The molecule has 4 heteroatoms. The molecule has 0 atom stereocenters. The van der Waals surface area contributed by atoms with Crippen molar-refractivity contribution in [3.05, 3.63) is 22.1 Å². The highest BCUT2D eigenvalue weighted by Crippen LogP contribution is 2.04. The van der Waals surface area contributed by atoms with E-state index in [1.807, 2.05) is 0 Å². The topological polar surface area (TPSA) is 25.8 Å². The van der Waals surface area contributed by atoms with E-state index >= 15 is 0 Å². The molecule has 2 nitrogen and oxygen atoms in total.